The highest BCUT2D eigenvalue weighted by atomic mass is 16.5. The second-order valence-corrected chi connectivity index (χ2v) is 6.73. The quantitative estimate of drug-likeness (QED) is 0.626. The molecule has 0 saturated carbocycles. The molecule has 2 aromatic rings. The van der Waals surface area contributed by atoms with Gasteiger partial charge in [-0.2, -0.15) is 0 Å². The predicted octanol–water partition coefficient (Wildman–Crippen LogP) is 2.78. The average molecular weight is 386 g/mol. The van der Waals surface area contributed by atoms with Crippen molar-refractivity contribution in [1.29, 1.82) is 0 Å². The minimum absolute atomic E-state index is 0.701. The summed E-state index contributed by atoms with van der Waals surface area (Å²) < 4.78 is 22.0. The van der Waals surface area contributed by atoms with E-state index in [1.54, 1.807) is 14.2 Å². The molecule has 0 N–H and O–H groups in total. The van der Waals surface area contributed by atoms with E-state index in [1.165, 1.54) is 0 Å². The summed E-state index contributed by atoms with van der Waals surface area (Å²) in [6, 6.07) is 15.5. The third-order valence-electron chi connectivity index (χ3n) is 4.94. The van der Waals surface area contributed by atoms with Gasteiger partial charge in [0.05, 0.1) is 14.2 Å². The normalized spacial score (nSPS) is 15.2. The van der Waals surface area contributed by atoms with Gasteiger partial charge in [0.25, 0.3) is 0 Å². The van der Waals surface area contributed by atoms with Crippen molar-refractivity contribution in [3.8, 4) is 23.0 Å². The number of ether oxygens (including phenoxy) is 4. The Balaban J connectivity index is 1.27. The SMILES string of the molecule is COc1ccc(OCCN2CCN(CCOc3ccc(OC)cc3)CC2)cc1. The molecule has 3 rings (SSSR count). The summed E-state index contributed by atoms with van der Waals surface area (Å²) in [6.07, 6.45) is 0. The molecule has 6 heteroatoms. The minimum atomic E-state index is 0.701. The van der Waals surface area contributed by atoms with Crippen LogP contribution in [0.5, 0.6) is 23.0 Å². The highest BCUT2D eigenvalue weighted by molar-refractivity contribution is 5.31. The van der Waals surface area contributed by atoms with Crippen LogP contribution in [0.25, 0.3) is 0 Å². The van der Waals surface area contributed by atoms with E-state index in [9.17, 15) is 0 Å². The number of benzene rings is 2. The molecule has 0 atom stereocenters. The first-order valence-corrected chi connectivity index (χ1v) is 9.75. The van der Waals surface area contributed by atoms with Crippen LogP contribution in [0.4, 0.5) is 0 Å². The van der Waals surface area contributed by atoms with Crippen LogP contribution in [0, 0.1) is 0 Å². The second kappa shape index (κ2) is 10.8. The van der Waals surface area contributed by atoms with E-state index in [4.69, 9.17) is 18.9 Å². The zero-order valence-electron chi connectivity index (χ0n) is 16.8. The van der Waals surface area contributed by atoms with Crippen molar-refractivity contribution < 1.29 is 18.9 Å². The highest BCUT2D eigenvalue weighted by Crippen LogP contribution is 2.18. The lowest BCUT2D eigenvalue weighted by Crippen LogP contribution is -2.48. The number of nitrogens with zero attached hydrogens (tertiary/aromatic N) is 2. The zero-order chi connectivity index (χ0) is 19.6. The summed E-state index contributed by atoms with van der Waals surface area (Å²) in [5.74, 6) is 3.46. The summed E-state index contributed by atoms with van der Waals surface area (Å²) >= 11 is 0. The van der Waals surface area contributed by atoms with Gasteiger partial charge in [-0.05, 0) is 48.5 Å². The number of piperazine rings is 1. The zero-order valence-corrected chi connectivity index (χ0v) is 16.8. The predicted molar refractivity (Wildman–Crippen MR) is 110 cm³/mol. The molecular weight excluding hydrogens is 356 g/mol. The van der Waals surface area contributed by atoms with E-state index in [-0.39, 0.29) is 0 Å². The molecule has 1 saturated heterocycles. The summed E-state index contributed by atoms with van der Waals surface area (Å²) in [7, 11) is 3.33. The van der Waals surface area contributed by atoms with Gasteiger partial charge in [-0.25, -0.2) is 0 Å². The first-order valence-electron chi connectivity index (χ1n) is 9.75. The van der Waals surface area contributed by atoms with Crippen LogP contribution in [-0.4, -0.2) is 76.5 Å². The molecular formula is C22H30N2O4. The molecule has 2 aromatic carbocycles. The van der Waals surface area contributed by atoms with Gasteiger partial charge in [-0.3, -0.25) is 9.80 Å². The largest absolute Gasteiger partial charge is 0.497 e. The lowest BCUT2D eigenvalue weighted by molar-refractivity contribution is 0.105. The Morgan fingerprint density at radius 3 is 1.21 bits per heavy atom. The van der Waals surface area contributed by atoms with E-state index >= 15 is 0 Å². The van der Waals surface area contributed by atoms with E-state index in [0.717, 1.165) is 62.3 Å². The monoisotopic (exact) mass is 386 g/mol. The van der Waals surface area contributed by atoms with Crippen LogP contribution in [0.15, 0.2) is 48.5 Å². The van der Waals surface area contributed by atoms with Crippen LogP contribution in [0.2, 0.25) is 0 Å². The Hall–Kier alpha value is -2.44. The Morgan fingerprint density at radius 1 is 0.571 bits per heavy atom. The maximum Gasteiger partial charge on any atom is 0.119 e. The molecule has 1 aliphatic heterocycles. The van der Waals surface area contributed by atoms with Gasteiger partial charge in [0, 0.05) is 39.3 Å². The molecule has 1 heterocycles. The first kappa shape index (κ1) is 20.3. The van der Waals surface area contributed by atoms with Crippen molar-refractivity contribution in [1.82, 2.24) is 9.80 Å². The minimum Gasteiger partial charge on any atom is -0.497 e. The molecule has 0 spiro atoms. The maximum absolute atomic E-state index is 5.83. The third kappa shape index (κ3) is 6.32. The Kier molecular flexibility index (Phi) is 7.82. The Morgan fingerprint density at radius 2 is 0.893 bits per heavy atom. The molecule has 6 nitrogen and oxygen atoms in total. The van der Waals surface area contributed by atoms with E-state index < -0.39 is 0 Å². The number of hydrogen-bond acceptors (Lipinski definition) is 6. The molecule has 1 fully saturated rings. The molecule has 0 aromatic heterocycles. The van der Waals surface area contributed by atoms with Gasteiger partial charge in [0.15, 0.2) is 0 Å². The van der Waals surface area contributed by atoms with Crippen LogP contribution in [0.1, 0.15) is 0 Å². The Labute approximate surface area is 167 Å². The first-order chi connectivity index (χ1) is 13.8. The summed E-state index contributed by atoms with van der Waals surface area (Å²) in [6.45, 7) is 7.55. The van der Waals surface area contributed by atoms with Crippen molar-refractivity contribution in [2.45, 2.75) is 0 Å². The Bertz CT molecular complexity index is 621. The van der Waals surface area contributed by atoms with E-state index in [0.29, 0.717) is 13.2 Å². The van der Waals surface area contributed by atoms with Crippen LogP contribution < -0.4 is 18.9 Å². The lowest BCUT2D eigenvalue weighted by Gasteiger charge is -2.34. The van der Waals surface area contributed by atoms with Crippen LogP contribution >= 0.6 is 0 Å². The van der Waals surface area contributed by atoms with Gasteiger partial charge in [-0.1, -0.05) is 0 Å². The fourth-order valence-electron chi connectivity index (χ4n) is 3.17. The molecule has 0 unspecified atom stereocenters. The highest BCUT2D eigenvalue weighted by Gasteiger charge is 2.16. The van der Waals surface area contributed by atoms with E-state index in [2.05, 4.69) is 9.80 Å². The lowest BCUT2D eigenvalue weighted by atomic mass is 10.3. The second-order valence-electron chi connectivity index (χ2n) is 6.73. The van der Waals surface area contributed by atoms with Crippen LogP contribution in [-0.2, 0) is 0 Å². The molecule has 0 amide bonds. The number of hydrogen-bond donors (Lipinski definition) is 0. The van der Waals surface area contributed by atoms with Crippen molar-refractivity contribution in [3.05, 3.63) is 48.5 Å². The summed E-state index contributed by atoms with van der Waals surface area (Å²) in [5, 5.41) is 0. The van der Waals surface area contributed by atoms with E-state index in [1.807, 2.05) is 48.5 Å². The van der Waals surface area contributed by atoms with Gasteiger partial charge >= 0.3 is 0 Å². The van der Waals surface area contributed by atoms with Crippen molar-refractivity contribution in [2.24, 2.45) is 0 Å². The third-order valence-corrected chi connectivity index (χ3v) is 4.94. The van der Waals surface area contributed by atoms with Crippen molar-refractivity contribution in [2.75, 3.05) is 66.7 Å². The number of rotatable bonds is 10. The average Bonchev–Trinajstić information content (AvgIpc) is 2.76. The number of methoxy groups -OCH3 is 2. The van der Waals surface area contributed by atoms with Gasteiger partial charge < -0.3 is 18.9 Å². The van der Waals surface area contributed by atoms with Crippen molar-refractivity contribution >= 4 is 0 Å². The fourth-order valence-corrected chi connectivity index (χ4v) is 3.17. The molecule has 28 heavy (non-hydrogen) atoms. The molecule has 0 bridgehead atoms. The topological polar surface area (TPSA) is 43.4 Å². The smallest absolute Gasteiger partial charge is 0.119 e. The van der Waals surface area contributed by atoms with Gasteiger partial charge in [-0.15, -0.1) is 0 Å². The molecule has 0 radical (unpaired) electrons. The standard InChI is InChI=1S/C22H30N2O4/c1-25-19-3-7-21(8-4-19)27-17-15-23-11-13-24(14-12-23)16-18-28-22-9-5-20(26-2)6-10-22/h3-10H,11-18H2,1-2H3. The molecule has 1 aliphatic rings. The molecule has 152 valence electrons. The van der Waals surface area contributed by atoms with Crippen molar-refractivity contribution in [3.63, 3.8) is 0 Å². The van der Waals surface area contributed by atoms with Gasteiger partial charge in [0.2, 0.25) is 0 Å². The molecule has 0 aliphatic carbocycles. The summed E-state index contributed by atoms with van der Waals surface area (Å²) in [4.78, 5) is 4.90. The fraction of sp³-hybridized carbons (Fsp3) is 0.455. The maximum atomic E-state index is 5.83. The van der Waals surface area contributed by atoms with Gasteiger partial charge in [0.1, 0.15) is 36.2 Å². The van der Waals surface area contributed by atoms with Crippen LogP contribution in [0.3, 0.4) is 0 Å². The summed E-state index contributed by atoms with van der Waals surface area (Å²) in [5.41, 5.74) is 0.